The van der Waals surface area contributed by atoms with Gasteiger partial charge in [0.05, 0.1) is 17.4 Å². The van der Waals surface area contributed by atoms with Gasteiger partial charge in [0.1, 0.15) is 23.1 Å². The van der Waals surface area contributed by atoms with Crippen LogP contribution >= 0.6 is 11.6 Å². The molecule has 2 N–H and O–H groups in total. The SMILES string of the molecule is Cc1cc(Oc2cccc(Cl)c2)ccc1-n1ncc(C(=O)C2=Cc3cc(F)c(C4CCN(C(C)C)CC4)cc3C2)c1N. The number of benzene rings is 3. The first-order valence-corrected chi connectivity index (χ1v) is 14.8. The molecule has 1 aliphatic carbocycles. The van der Waals surface area contributed by atoms with Gasteiger partial charge in [0.2, 0.25) is 0 Å². The third-order valence-electron chi connectivity index (χ3n) is 8.44. The lowest BCUT2D eigenvalue weighted by Crippen LogP contribution is -2.38. The highest BCUT2D eigenvalue weighted by atomic mass is 35.5. The molecule has 1 saturated heterocycles. The lowest BCUT2D eigenvalue weighted by molar-refractivity contribution is 0.103. The Morgan fingerprint density at radius 3 is 2.57 bits per heavy atom. The Hall–Kier alpha value is -3.94. The smallest absolute Gasteiger partial charge is 0.194 e. The molecule has 0 amide bonds. The Balaban J connectivity index is 1.18. The van der Waals surface area contributed by atoms with Crippen LogP contribution in [0.2, 0.25) is 5.02 Å². The van der Waals surface area contributed by atoms with Gasteiger partial charge in [-0.15, -0.1) is 0 Å². The van der Waals surface area contributed by atoms with Gasteiger partial charge in [-0.1, -0.05) is 23.7 Å². The van der Waals surface area contributed by atoms with Gasteiger partial charge in [0.25, 0.3) is 0 Å². The predicted molar refractivity (Wildman–Crippen MR) is 165 cm³/mol. The van der Waals surface area contributed by atoms with Crippen LogP contribution in [0.4, 0.5) is 10.2 Å². The average Bonchev–Trinajstić information content (AvgIpc) is 3.55. The number of anilines is 1. The molecule has 6 rings (SSSR count). The summed E-state index contributed by atoms with van der Waals surface area (Å²) < 4.78 is 22.7. The summed E-state index contributed by atoms with van der Waals surface area (Å²) in [5, 5.41) is 5.04. The second kappa shape index (κ2) is 11.4. The normalized spacial score (nSPS) is 15.6. The Morgan fingerprint density at radius 2 is 1.86 bits per heavy atom. The molecule has 8 heteroatoms. The fourth-order valence-corrected chi connectivity index (χ4v) is 6.24. The molecule has 1 aliphatic heterocycles. The Kier molecular flexibility index (Phi) is 7.64. The van der Waals surface area contributed by atoms with E-state index in [1.54, 1.807) is 29.0 Å². The van der Waals surface area contributed by atoms with Crippen molar-refractivity contribution in [2.24, 2.45) is 0 Å². The van der Waals surface area contributed by atoms with Crippen molar-refractivity contribution in [2.75, 3.05) is 18.8 Å². The van der Waals surface area contributed by atoms with Gasteiger partial charge >= 0.3 is 0 Å². The molecule has 2 aliphatic rings. The highest BCUT2D eigenvalue weighted by Crippen LogP contribution is 2.37. The maximum absolute atomic E-state index is 15.2. The van der Waals surface area contributed by atoms with Gasteiger partial charge in [-0.2, -0.15) is 5.10 Å². The summed E-state index contributed by atoms with van der Waals surface area (Å²) in [4.78, 5) is 16.0. The second-order valence-electron chi connectivity index (χ2n) is 11.5. The first-order chi connectivity index (χ1) is 20.2. The van der Waals surface area contributed by atoms with E-state index in [-0.39, 0.29) is 23.3 Å². The molecule has 1 fully saturated rings. The third kappa shape index (κ3) is 5.46. The number of ether oxygens (including phenoxy) is 1. The number of nitrogens with zero attached hydrogens (tertiary/aromatic N) is 3. The van der Waals surface area contributed by atoms with Crippen LogP contribution in [0.15, 0.2) is 66.4 Å². The van der Waals surface area contributed by atoms with Gasteiger partial charge in [-0.05, 0) is 123 Å². The van der Waals surface area contributed by atoms with Gasteiger partial charge in [-0.3, -0.25) is 4.79 Å². The molecule has 0 saturated carbocycles. The van der Waals surface area contributed by atoms with Crippen molar-refractivity contribution in [3.63, 3.8) is 0 Å². The van der Waals surface area contributed by atoms with E-state index >= 15 is 4.39 Å². The van der Waals surface area contributed by atoms with Crippen LogP contribution in [0, 0.1) is 12.7 Å². The van der Waals surface area contributed by atoms with Crippen LogP contribution in [0.25, 0.3) is 11.8 Å². The lowest BCUT2D eigenvalue weighted by Gasteiger charge is -2.35. The van der Waals surface area contributed by atoms with E-state index in [9.17, 15) is 4.79 Å². The van der Waals surface area contributed by atoms with Crippen molar-refractivity contribution < 1.29 is 13.9 Å². The summed E-state index contributed by atoms with van der Waals surface area (Å²) in [5.41, 5.74) is 11.5. The first-order valence-electron chi connectivity index (χ1n) is 14.4. The van der Waals surface area contributed by atoms with Crippen LogP contribution in [0.1, 0.15) is 65.2 Å². The molecule has 6 nitrogen and oxygen atoms in total. The summed E-state index contributed by atoms with van der Waals surface area (Å²) in [7, 11) is 0. The molecule has 0 radical (unpaired) electrons. The number of ketones is 1. The molecule has 0 spiro atoms. The zero-order valence-corrected chi connectivity index (χ0v) is 24.8. The van der Waals surface area contributed by atoms with Crippen molar-refractivity contribution in [1.29, 1.82) is 0 Å². The number of piperidine rings is 1. The number of likely N-dealkylation sites (tertiary alicyclic amines) is 1. The van der Waals surface area contributed by atoms with Crippen molar-refractivity contribution in [2.45, 2.75) is 52.0 Å². The maximum Gasteiger partial charge on any atom is 0.194 e. The Bertz CT molecular complexity index is 1700. The Labute approximate surface area is 250 Å². The molecule has 3 aromatic carbocycles. The minimum Gasteiger partial charge on any atom is -0.457 e. The molecule has 42 heavy (non-hydrogen) atoms. The zero-order chi connectivity index (χ0) is 29.5. The zero-order valence-electron chi connectivity index (χ0n) is 24.0. The van der Waals surface area contributed by atoms with E-state index in [2.05, 4.69) is 23.8 Å². The summed E-state index contributed by atoms with van der Waals surface area (Å²) in [5.74, 6) is 1.35. The quantitative estimate of drug-likeness (QED) is 0.225. The van der Waals surface area contributed by atoms with Crippen LogP contribution < -0.4 is 10.5 Å². The molecule has 216 valence electrons. The van der Waals surface area contributed by atoms with Crippen LogP contribution in [0.3, 0.4) is 0 Å². The topological polar surface area (TPSA) is 73.4 Å². The molecule has 0 unspecified atom stereocenters. The summed E-state index contributed by atoms with van der Waals surface area (Å²) >= 11 is 6.07. The number of Topliss-reactive ketones (excluding diaryl/α,β-unsaturated/α-hetero) is 1. The Morgan fingerprint density at radius 1 is 1.10 bits per heavy atom. The summed E-state index contributed by atoms with van der Waals surface area (Å²) in [6, 6.07) is 16.8. The molecular formula is C34H34ClFN4O2. The number of fused-ring (bicyclic) bond motifs is 1. The average molecular weight is 585 g/mol. The van der Waals surface area contributed by atoms with Crippen molar-refractivity contribution in [3.05, 3.63) is 105 Å². The van der Waals surface area contributed by atoms with Crippen LogP contribution in [0.5, 0.6) is 11.5 Å². The van der Waals surface area contributed by atoms with E-state index in [1.807, 2.05) is 43.3 Å². The predicted octanol–water partition coefficient (Wildman–Crippen LogP) is 7.76. The molecule has 1 aromatic heterocycles. The largest absolute Gasteiger partial charge is 0.457 e. The number of aryl methyl sites for hydroxylation is 1. The van der Waals surface area contributed by atoms with E-state index in [4.69, 9.17) is 22.1 Å². The number of carbonyl (C=O) groups is 1. The van der Waals surface area contributed by atoms with E-state index in [0.717, 1.165) is 53.9 Å². The number of hydrogen-bond donors (Lipinski definition) is 1. The summed E-state index contributed by atoms with van der Waals surface area (Å²) in [6.45, 7) is 8.28. The third-order valence-corrected chi connectivity index (χ3v) is 8.67. The molecule has 0 bridgehead atoms. The fourth-order valence-electron chi connectivity index (χ4n) is 6.06. The minimum atomic E-state index is -0.194. The van der Waals surface area contributed by atoms with E-state index in [1.165, 1.54) is 6.20 Å². The number of aromatic nitrogens is 2. The number of allylic oxidation sites excluding steroid dienone is 1. The van der Waals surface area contributed by atoms with Gasteiger partial charge in [-0.25, -0.2) is 9.07 Å². The number of carbonyl (C=O) groups excluding carboxylic acids is 1. The highest BCUT2D eigenvalue weighted by molar-refractivity contribution is 6.30. The maximum atomic E-state index is 15.2. The van der Waals surface area contributed by atoms with Crippen molar-refractivity contribution >= 4 is 29.3 Å². The molecule has 0 atom stereocenters. The van der Waals surface area contributed by atoms with Gasteiger partial charge < -0.3 is 15.4 Å². The molecule has 2 heterocycles. The summed E-state index contributed by atoms with van der Waals surface area (Å²) in [6.07, 6.45) is 5.62. The van der Waals surface area contributed by atoms with Crippen molar-refractivity contribution in [1.82, 2.24) is 14.7 Å². The van der Waals surface area contributed by atoms with Crippen LogP contribution in [-0.2, 0) is 6.42 Å². The number of rotatable bonds is 7. The standard InChI is InChI=1S/C34H34ClFN4O2/c1-20(2)39-11-9-22(10-12-39)29-16-23-14-25(15-24(23)17-31(29)36)33(41)30-19-38-40(34(30)37)32-8-7-28(13-21(32)3)42-27-6-4-5-26(35)18-27/h4-8,13,15-20,22H,9-12,14,37H2,1-3H3. The number of nitrogen functional groups attached to an aromatic ring is 1. The molecule has 4 aromatic rings. The van der Waals surface area contributed by atoms with Crippen molar-refractivity contribution in [3.8, 4) is 17.2 Å². The number of nitrogens with two attached hydrogens (primary N) is 1. The minimum absolute atomic E-state index is 0.188. The lowest BCUT2D eigenvalue weighted by atomic mass is 9.87. The monoisotopic (exact) mass is 584 g/mol. The number of hydrogen-bond acceptors (Lipinski definition) is 5. The molecular weight excluding hydrogens is 551 g/mol. The number of halogens is 2. The highest BCUT2D eigenvalue weighted by Gasteiger charge is 2.28. The van der Waals surface area contributed by atoms with Gasteiger partial charge in [0, 0.05) is 23.1 Å². The van der Waals surface area contributed by atoms with E-state index in [0.29, 0.717) is 40.1 Å². The second-order valence-corrected chi connectivity index (χ2v) is 12.0. The fraction of sp³-hybridized carbons (Fsp3) is 0.294. The van der Waals surface area contributed by atoms with E-state index < -0.39 is 0 Å². The van der Waals surface area contributed by atoms with Crippen LogP contribution in [-0.4, -0.2) is 39.6 Å². The first kappa shape index (κ1) is 28.2. The van der Waals surface area contributed by atoms with Gasteiger partial charge in [0.15, 0.2) is 5.78 Å².